The average Bonchev–Trinajstić information content (AvgIpc) is 2.29. The van der Waals surface area contributed by atoms with Crippen LogP contribution in [0.1, 0.15) is 5.56 Å². The Hall–Kier alpha value is -1.64. The van der Waals surface area contributed by atoms with Crippen molar-refractivity contribution in [3.63, 3.8) is 0 Å². The predicted molar refractivity (Wildman–Crippen MR) is 46.4 cm³/mol. The molecule has 2 aromatic rings. The molecule has 3 heteroatoms. The lowest BCUT2D eigenvalue weighted by molar-refractivity contribution is 0.398. The van der Waals surface area contributed by atoms with E-state index in [2.05, 4.69) is 4.98 Å². The lowest BCUT2D eigenvalue weighted by atomic mass is 10.1. The second-order valence-corrected chi connectivity index (χ2v) is 2.82. The van der Waals surface area contributed by atoms with Gasteiger partial charge in [0.1, 0.15) is 0 Å². The first-order valence-electron chi connectivity index (χ1n) is 3.69. The normalized spacial score (nSPS) is 10.8. The Morgan fingerprint density at radius 2 is 2.00 bits per heavy atom. The van der Waals surface area contributed by atoms with E-state index in [1.54, 1.807) is 0 Å². The molecule has 0 saturated heterocycles. The third-order valence-electron chi connectivity index (χ3n) is 1.99. The van der Waals surface area contributed by atoms with Crippen molar-refractivity contribution in [3.05, 3.63) is 23.8 Å². The molecule has 0 fully saturated rings. The van der Waals surface area contributed by atoms with Crippen LogP contribution in [0.25, 0.3) is 10.9 Å². The van der Waals surface area contributed by atoms with Gasteiger partial charge in [0, 0.05) is 5.39 Å². The zero-order valence-corrected chi connectivity index (χ0v) is 6.63. The van der Waals surface area contributed by atoms with Crippen LogP contribution < -0.4 is 0 Å². The van der Waals surface area contributed by atoms with E-state index in [1.807, 2.05) is 25.1 Å². The number of benzene rings is 1. The molecule has 0 amide bonds. The van der Waals surface area contributed by atoms with Crippen LogP contribution in [0.4, 0.5) is 0 Å². The topological polar surface area (TPSA) is 56.2 Å². The highest BCUT2D eigenvalue weighted by Gasteiger charge is 2.09. The maximum atomic E-state index is 9.40. The maximum Gasteiger partial charge on any atom is 0.233 e. The van der Waals surface area contributed by atoms with Crippen LogP contribution in [0.3, 0.4) is 0 Å². The van der Waals surface area contributed by atoms with Gasteiger partial charge in [-0.05, 0) is 18.6 Å². The minimum atomic E-state index is -0.167. The van der Waals surface area contributed by atoms with Crippen LogP contribution in [0.2, 0.25) is 0 Å². The predicted octanol–water partition coefficient (Wildman–Crippen LogP) is 1.89. The van der Waals surface area contributed by atoms with E-state index in [-0.39, 0.29) is 11.6 Å². The second-order valence-electron chi connectivity index (χ2n) is 2.82. The van der Waals surface area contributed by atoms with Crippen molar-refractivity contribution >= 4 is 10.9 Å². The molecular formula is C9H9NO2. The van der Waals surface area contributed by atoms with Crippen molar-refractivity contribution < 1.29 is 10.2 Å². The van der Waals surface area contributed by atoms with Gasteiger partial charge in [-0.2, -0.15) is 0 Å². The van der Waals surface area contributed by atoms with Crippen molar-refractivity contribution in [2.45, 2.75) is 6.92 Å². The van der Waals surface area contributed by atoms with E-state index in [0.717, 1.165) is 11.1 Å². The van der Waals surface area contributed by atoms with Gasteiger partial charge in [0.15, 0.2) is 5.75 Å². The van der Waals surface area contributed by atoms with Crippen molar-refractivity contribution in [1.29, 1.82) is 0 Å². The third kappa shape index (κ3) is 0.763. The van der Waals surface area contributed by atoms with E-state index in [1.165, 1.54) is 0 Å². The number of hydrogen-bond acceptors (Lipinski definition) is 2. The highest BCUT2D eigenvalue weighted by Crippen LogP contribution is 2.35. The molecule has 0 aliphatic rings. The number of hydrogen-bond donors (Lipinski definition) is 3. The van der Waals surface area contributed by atoms with Crippen molar-refractivity contribution in [3.8, 4) is 11.6 Å². The number of aromatic amines is 1. The van der Waals surface area contributed by atoms with Gasteiger partial charge in [-0.1, -0.05) is 12.1 Å². The molecule has 0 saturated carbocycles. The van der Waals surface area contributed by atoms with Crippen LogP contribution in [0.15, 0.2) is 18.2 Å². The van der Waals surface area contributed by atoms with E-state index in [9.17, 15) is 5.11 Å². The molecule has 0 unspecified atom stereocenters. The van der Waals surface area contributed by atoms with Gasteiger partial charge >= 0.3 is 0 Å². The summed E-state index contributed by atoms with van der Waals surface area (Å²) in [7, 11) is 0. The summed E-state index contributed by atoms with van der Waals surface area (Å²) < 4.78 is 0. The Morgan fingerprint density at radius 1 is 1.25 bits per heavy atom. The minimum absolute atomic E-state index is 0.0666. The summed E-state index contributed by atoms with van der Waals surface area (Å²) in [5.74, 6) is -0.234. The Kier molecular flexibility index (Phi) is 1.27. The molecule has 0 atom stereocenters. The van der Waals surface area contributed by atoms with Crippen LogP contribution in [-0.4, -0.2) is 15.2 Å². The largest absolute Gasteiger partial charge is 0.503 e. The summed E-state index contributed by atoms with van der Waals surface area (Å²) in [5, 5.41) is 19.2. The molecule has 0 radical (unpaired) electrons. The molecular weight excluding hydrogens is 154 g/mol. The molecule has 1 aromatic carbocycles. The molecule has 0 bridgehead atoms. The fraction of sp³-hybridized carbons (Fsp3) is 0.111. The molecule has 3 N–H and O–H groups in total. The summed E-state index contributed by atoms with van der Waals surface area (Å²) in [6.45, 7) is 1.88. The molecule has 62 valence electrons. The smallest absolute Gasteiger partial charge is 0.233 e. The summed E-state index contributed by atoms with van der Waals surface area (Å²) in [6, 6.07) is 5.56. The lowest BCUT2D eigenvalue weighted by Gasteiger charge is -1.94. The highest BCUT2D eigenvalue weighted by atomic mass is 16.3. The zero-order valence-electron chi connectivity index (χ0n) is 6.63. The van der Waals surface area contributed by atoms with Gasteiger partial charge in [-0.25, -0.2) is 0 Å². The fourth-order valence-corrected chi connectivity index (χ4v) is 1.39. The van der Waals surface area contributed by atoms with Crippen LogP contribution >= 0.6 is 0 Å². The SMILES string of the molecule is Cc1cccc2[nH]c(O)c(O)c12. The van der Waals surface area contributed by atoms with Crippen LogP contribution in [-0.2, 0) is 0 Å². The van der Waals surface area contributed by atoms with Crippen molar-refractivity contribution in [2.75, 3.05) is 0 Å². The van der Waals surface area contributed by atoms with Crippen LogP contribution in [0, 0.1) is 6.92 Å². The van der Waals surface area contributed by atoms with Crippen molar-refractivity contribution in [2.24, 2.45) is 0 Å². The first-order valence-corrected chi connectivity index (χ1v) is 3.69. The molecule has 0 aliphatic heterocycles. The summed E-state index contributed by atoms with van der Waals surface area (Å²) in [5.41, 5.74) is 1.70. The highest BCUT2D eigenvalue weighted by molar-refractivity contribution is 5.91. The number of aryl methyl sites for hydroxylation is 1. The van der Waals surface area contributed by atoms with Gasteiger partial charge in [-0.3, -0.25) is 0 Å². The molecule has 2 rings (SSSR count). The summed E-state index contributed by atoms with van der Waals surface area (Å²) in [4.78, 5) is 2.67. The van der Waals surface area contributed by atoms with E-state index in [4.69, 9.17) is 5.11 Å². The second kappa shape index (κ2) is 2.17. The Labute approximate surface area is 69.3 Å². The summed E-state index contributed by atoms with van der Waals surface area (Å²) >= 11 is 0. The number of aromatic nitrogens is 1. The molecule has 0 aliphatic carbocycles. The number of aromatic hydroxyl groups is 2. The maximum absolute atomic E-state index is 9.40. The van der Waals surface area contributed by atoms with E-state index in [0.29, 0.717) is 5.39 Å². The minimum Gasteiger partial charge on any atom is -0.503 e. The summed E-state index contributed by atoms with van der Waals surface area (Å²) in [6.07, 6.45) is 0. The number of rotatable bonds is 0. The monoisotopic (exact) mass is 163 g/mol. The number of H-pyrrole nitrogens is 1. The van der Waals surface area contributed by atoms with Gasteiger partial charge in [0.25, 0.3) is 0 Å². The molecule has 3 nitrogen and oxygen atoms in total. The first kappa shape index (κ1) is 7.03. The Balaban J connectivity index is 2.97. The average molecular weight is 163 g/mol. The van der Waals surface area contributed by atoms with Gasteiger partial charge < -0.3 is 15.2 Å². The first-order chi connectivity index (χ1) is 5.70. The van der Waals surface area contributed by atoms with E-state index < -0.39 is 0 Å². The Bertz CT molecular complexity index is 431. The lowest BCUT2D eigenvalue weighted by Crippen LogP contribution is -1.72. The quantitative estimate of drug-likeness (QED) is 0.555. The standard InChI is InChI=1S/C9H9NO2/c1-5-3-2-4-6-7(5)8(11)9(12)10-6/h2-4,10-12H,1H3. The molecule has 0 spiro atoms. The Morgan fingerprint density at radius 3 is 2.67 bits per heavy atom. The zero-order chi connectivity index (χ0) is 8.72. The molecule has 1 heterocycles. The number of nitrogens with one attached hydrogen (secondary N) is 1. The van der Waals surface area contributed by atoms with Gasteiger partial charge in [0.05, 0.1) is 5.52 Å². The third-order valence-corrected chi connectivity index (χ3v) is 1.99. The van der Waals surface area contributed by atoms with Crippen molar-refractivity contribution in [1.82, 2.24) is 4.98 Å². The molecule has 1 aromatic heterocycles. The number of fused-ring (bicyclic) bond motifs is 1. The molecule has 12 heavy (non-hydrogen) atoms. The fourth-order valence-electron chi connectivity index (χ4n) is 1.39. The van der Waals surface area contributed by atoms with Gasteiger partial charge in [-0.15, -0.1) is 0 Å². The van der Waals surface area contributed by atoms with E-state index >= 15 is 0 Å². The van der Waals surface area contributed by atoms with Gasteiger partial charge in [0.2, 0.25) is 5.88 Å². The van der Waals surface area contributed by atoms with Crippen LogP contribution in [0.5, 0.6) is 11.6 Å².